The van der Waals surface area contributed by atoms with Crippen LogP contribution in [-0.4, -0.2) is 15.9 Å². The second kappa shape index (κ2) is 8.48. The minimum Gasteiger partial charge on any atom is -0.368 e. The minimum absolute atomic E-state index is 0.279. The van der Waals surface area contributed by atoms with E-state index in [0.29, 0.717) is 22.2 Å². The Hall–Kier alpha value is -2.47. The van der Waals surface area contributed by atoms with E-state index in [-0.39, 0.29) is 6.42 Å². The Morgan fingerprint density at radius 2 is 1.78 bits per heavy atom. The average molecular weight is 401 g/mol. The summed E-state index contributed by atoms with van der Waals surface area (Å²) in [7, 11) is 0. The molecule has 3 N–H and O–H groups in total. The summed E-state index contributed by atoms with van der Waals surface area (Å²) in [4.78, 5) is 20.9. The molecular formula is C20H18Cl2N4O. The maximum Gasteiger partial charge on any atom is 0.242 e. The van der Waals surface area contributed by atoms with Gasteiger partial charge >= 0.3 is 0 Å². The fourth-order valence-electron chi connectivity index (χ4n) is 2.96. The molecule has 7 heteroatoms. The number of pyridine rings is 2. The number of nitrogens with zero attached hydrogens (tertiary/aromatic N) is 2. The van der Waals surface area contributed by atoms with E-state index in [1.807, 2.05) is 24.3 Å². The Morgan fingerprint density at radius 3 is 2.44 bits per heavy atom. The smallest absolute Gasteiger partial charge is 0.242 e. The van der Waals surface area contributed by atoms with Gasteiger partial charge < -0.3 is 5.73 Å². The highest BCUT2D eigenvalue weighted by molar-refractivity contribution is 6.42. The van der Waals surface area contributed by atoms with E-state index in [1.165, 1.54) is 0 Å². The zero-order chi connectivity index (χ0) is 19.3. The molecule has 3 rings (SSSR count). The number of hydrogen-bond donors (Lipinski definition) is 2. The van der Waals surface area contributed by atoms with E-state index in [2.05, 4.69) is 15.3 Å². The molecule has 3 aromatic rings. The second-order valence-electron chi connectivity index (χ2n) is 6.12. The van der Waals surface area contributed by atoms with Crippen molar-refractivity contribution < 1.29 is 4.79 Å². The lowest BCUT2D eigenvalue weighted by Crippen LogP contribution is -2.54. The van der Waals surface area contributed by atoms with Gasteiger partial charge in [0.25, 0.3) is 0 Å². The molecule has 2 heterocycles. The zero-order valence-corrected chi connectivity index (χ0v) is 15.9. The molecule has 0 aliphatic heterocycles. The number of amides is 1. The third-order valence-corrected chi connectivity index (χ3v) is 5.19. The number of carbonyl (C=O) groups excluding carboxylic acids is 1. The van der Waals surface area contributed by atoms with Crippen LogP contribution in [0.1, 0.15) is 16.7 Å². The molecule has 1 aromatic carbocycles. The van der Waals surface area contributed by atoms with Gasteiger partial charge in [-0.25, -0.2) is 0 Å². The predicted molar refractivity (Wildman–Crippen MR) is 106 cm³/mol. The van der Waals surface area contributed by atoms with Gasteiger partial charge in [0, 0.05) is 43.3 Å². The summed E-state index contributed by atoms with van der Waals surface area (Å²) in [5, 5.41) is 3.96. The van der Waals surface area contributed by atoms with E-state index >= 15 is 0 Å². The highest BCUT2D eigenvalue weighted by Crippen LogP contribution is 2.36. The monoisotopic (exact) mass is 400 g/mol. The maximum atomic E-state index is 12.7. The third kappa shape index (κ3) is 4.27. The molecule has 0 aliphatic rings. The molecular weight excluding hydrogens is 383 g/mol. The van der Waals surface area contributed by atoms with Crippen LogP contribution < -0.4 is 11.1 Å². The molecule has 5 nitrogen and oxygen atoms in total. The molecule has 0 radical (unpaired) electrons. The lowest BCUT2D eigenvalue weighted by atomic mass is 9.83. The summed E-state index contributed by atoms with van der Waals surface area (Å²) in [6.07, 6.45) is 7.03. The molecule has 27 heavy (non-hydrogen) atoms. The Kier molecular flexibility index (Phi) is 6.06. The van der Waals surface area contributed by atoms with Crippen LogP contribution in [0.3, 0.4) is 0 Å². The Morgan fingerprint density at radius 1 is 1.00 bits per heavy atom. The molecule has 1 amide bonds. The number of carbonyl (C=O) groups is 1. The van der Waals surface area contributed by atoms with E-state index in [4.69, 9.17) is 28.9 Å². The van der Waals surface area contributed by atoms with Gasteiger partial charge in [-0.2, -0.15) is 0 Å². The summed E-state index contributed by atoms with van der Waals surface area (Å²) in [5.74, 6) is -0.551. The molecule has 1 unspecified atom stereocenters. The van der Waals surface area contributed by atoms with Gasteiger partial charge in [0.15, 0.2) is 0 Å². The summed E-state index contributed by atoms with van der Waals surface area (Å²) < 4.78 is 0. The quantitative estimate of drug-likeness (QED) is 0.635. The predicted octanol–water partition coefficient (Wildman–Crippen LogP) is 3.50. The SMILES string of the molecule is NC(=O)C(Cc1cccnc1)(NCc1ccncc1)c1cccc(Cl)c1Cl. The van der Waals surface area contributed by atoms with E-state index < -0.39 is 11.4 Å². The third-order valence-electron chi connectivity index (χ3n) is 4.37. The number of primary amides is 1. The number of halogens is 2. The first kappa shape index (κ1) is 19.3. The highest BCUT2D eigenvalue weighted by Gasteiger charge is 2.40. The fourth-order valence-corrected chi connectivity index (χ4v) is 3.42. The van der Waals surface area contributed by atoms with Gasteiger partial charge in [-0.05, 0) is 35.4 Å². The lowest BCUT2D eigenvalue weighted by molar-refractivity contribution is -0.125. The van der Waals surface area contributed by atoms with Crippen LogP contribution in [0.4, 0.5) is 0 Å². The summed E-state index contributed by atoms with van der Waals surface area (Å²) in [6.45, 7) is 0.397. The number of benzene rings is 1. The van der Waals surface area contributed by atoms with Crippen molar-refractivity contribution >= 4 is 29.1 Å². The number of hydrogen-bond acceptors (Lipinski definition) is 4. The minimum atomic E-state index is -1.26. The first-order valence-corrected chi connectivity index (χ1v) is 9.06. The van der Waals surface area contributed by atoms with Crippen LogP contribution in [0.25, 0.3) is 0 Å². The molecule has 1 atom stereocenters. The lowest BCUT2D eigenvalue weighted by Gasteiger charge is -2.33. The first-order valence-electron chi connectivity index (χ1n) is 8.30. The normalized spacial score (nSPS) is 13.1. The first-order chi connectivity index (χ1) is 13.0. The van der Waals surface area contributed by atoms with Crippen molar-refractivity contribution in [2.45, 2.75) is 18.5 Å². The molecule has 0 fully saturated rings. The van der Waals surface area contributed by atoms with Crippen molar-refractivity contribution in [2.24, 2.45) is 5.73 Å². The van der Waals surface area contributed by atoms with Crippen LogP contribution in [-0.2, 0) is 23.3 Å². The largest absolute Gasteiger partial charge is 0.368 e. The molecule has 2 aromatic heterocycles. The summed E-state index contributed by atoms with van der Waals surface area (Å²) in [5.41, 5.74) is 6.97. The van der Waals surface area contributed by atoms with Crippen molar-refractivity contribution in [1.29, 1.82) is 0 Å². The van der Waals surface area contributed by atoms with Crippen LogP contribution in [0.5, 0.6) is 0 Å². The maximum absolute atomic E-state index is 12.7. The van der Waals surface area contributed by atoms with Gasteiger partial charge in [0.2, 0.25) is 5.91 Å². The molecule has 0 bridgehead atoms. The number of aromatic nitrogens is 2. The van der Waals surface area contributed by atoms with Crippen molar-refractivity contribution in [2.75, 3.05) is 0 Å². The molecule has 0 spiro atoms. The van der Waals surface area contributed by atoms with Crippen LogP contribution in [0.2, 0.25) is 10.0 Å². The Balaban J connectivity index is 2.07. The van der Waals surface area contributed by atoms with Gasteiger partial charge in [0.1, 0.15) is 5.54 Å². The topological polar surface area (TPSA) is 80.9 Å². The molecule has 0 saturated carbocycles. The Bertz CT molecular complexity index is 922. The van der Waals surface area contributed by atoms with Crippen molar-refractivity contribution in [3.05, 3.63) is 94.0 Å². The fraction of sp³-hybridized carbons (Fsp3) is 0.150. The van der Waals surface area contributed by atoms with Crippen LogP contribution >= 0.6 is 23.2 Å². The second-order valence-corrected chi connectivity index (χ2v) is 6.90. The number of rotatable bonds is 7. The van der Waals surface area contributed by atoms with Gasteiger partial charge in [-0.3, -0.25) is 20.1 Å². The van der Waals surface area contributed by atoms with Crippen molar-refractivity contribution in [1.82, 2.24) is 15.3 Å². The number of nitrogens with one attached hydrogen (secondary N) is 1. The number of nitrogens with two attached hydrogens (primary N) is 1. The summed E-state index contributed by atoms with van der Waals surface area (Å²) >= 11 is 12.7. The summed E-state index contributed by atoms with van der Waals surface area (Å²) in [6, 6.07) is 12.6. The van der Waals surface area contributed by atoms with E-state index in [1.54, 1.807) is 43.0 Å². The van der Waals surface area contributed by atoms with E-state index in [0.717, 1.165) is 11.1 Å². The Labute approximate surface area is 167 Å². The van der Waals surface area contributed by atoms with Gasteiger partial charge in [-0.15, -0.1) is 0 Å². The van der Waals surface area contributed by atoms with Crippen LogP contribution in [0, 0.1) is 0 Å². The average Bonchev–Trinajstić information content (AvgIpc) is 2.69. The van der Waals surface area contributed by atoms with Crippen LogP contribution in [0.15, 0.2) is 67.3 Å². The molecule has 0 saturated heterocycles. The highest BCUT2D eigenvalue weighted by atomic mass is 35.5. The van der Waals surface area contributed by atoms with Crippen molar-refractivity contribution in [3.8, 4) is 0 Å². The molecule has 0 aliphatic carbocycles. The van der Waals surface area contributed by atoms with Gasteiger partial charge in [0.05, 0.1) is 10.0 Å². The van der Waals surface area contributed by atoms with Crippen molar-refractivity contribution in [3.63, 3.8) is 0 Å². The molecule has 138 valence electrons. The van der Waals surface area contributed by atoms with E-state index in [9.17, 15) is 4.79 Å². The van der Waals surface area contributed by atoms with Gasteiger partial charge in [-0.1, -0.05) is 41.4 Å². The standard InChI is InChI=1S/C20H18Cl2N4O/c21-17-5-1-4-16(18(17)22)20(19(23)27,11-15-3-2-8-25-12-15)26-13-14-6-9-24-10-7-14/h1-10,12,26H,11,13H2,(H2,23,27). The zero-order valence-electron chi connectivity index (χ0n) is 14.4.